The van der Waals surface area contributed by atoms with Gasteiger partial charge in [-0.2, -0.15) is 0 Å². The van der Waals surface area contributed by atoms with E-state index in [1.54, 1.807) is 6.07 Å². The van der Waals surface area contributed by atoms with Crippen LogP contribution in [0.3, 0.4) is 0 Å². The maximum atomic E-state index is 14.2. The Morgan fingerprint density at radius 2 is 2.37 bits per heavy atom. The third-order valence-electron chi connectivity index (χ3n) is 3.59. The van der Waals surface area contributed by atoms with Crippen LogP contribution in [0.4, 0.5) is 4.39 Å². The summed E-state index contributed by atoms with van der Waals surface area (Å²) in [5.41, 5.74) is 0.759. The SMILES string of the molecule is CCCNC(CC1CCOC1)c1cccc(Br)c1F. The monoisotopic (exact) mass is 329 g/mol. The molecule has 1 aromatic carbocycles. The molecule has 1 aliphatic heterocycles. The van der Waals surface area contributed by atoms with Gasteiger partial charge in [-0.05, 0) is 53.7 Å². The van der Waals surface area contributed by atoms with Crippen molar-refractivity contribution >= 4 is 15.9 Å². The quantitative estimate of drug-likeness (QED) is 0.849. The molecule has 2 nitrogen and oxygen atoms in total. The highest BCUT2D eigenvalue weighted by Crippen LogP contribution is 2.30. The number of halogens is 2. The van der Waals surface area contributed by atoms with Gasteiger partial charge in [0.2, 0.25) is 0 Å². The maximum absolute atomic E-state index is 14.2. The van der Waals surface area contributed by atoms with Crippen molar-refractivity contribution in [3.05, 3.63) is 34.1 Å². The lowest BCUT2D eigenvalue weighted by molar-refractivity contribution is 0.181. The van der Waals surface area contributed by atoms with Crippen LogP contribution < -0.4 is 5.32 Å². The zero-order chi connectivity index (χ0) is 13.7. The Bertz CT molecular complexity index is 407. The molecule has 0 saturated carbocycles. The van der Waals surface area contributed by atoms with Crippen LogP contribution in [0, 0.1) is 11.7 Å². The van der Waals surface area contributed by atoms with E-state index in [2.05, 4.69) is 28.2 Å². The normalized spacial score (nSPS) is 20.7. The van der Waals surface area contributed by atoms with Crippen molar-refractivity contribution in [1.82, 2.24) is 5.32 Å². The van der Waals surface area contributed by atoms with Crippen molar-refractivity contribution in [2.24, 2.45) is 5.92 Å². The first-order valence-electron chi connectivity index (χ1n) is 6.97. The molecule has 19 heavy (non-hydrogen) atoms. The lowest BCUT2D eigenvalue weighted by Gasteiger charge is -2.22. The number of ether oxygens (including phenoxy) is 1. The summed E-state index contributed by atoms with van der Waals surface area (Å²) in [6.07, 6.45) is 3.07. The molecule has 0 spiro atoms. The van der Waals surface area contributed by atoms with Crippen LogP contribution in [-0.2, 0) is 4.74 Å². The molecule has 1 aliphatic rings. The minimum Gasteiger partial charge on any atom is -0.381 e. The summed E-state index contributed by atoms with van der Waals surface area (Å²) < 4.78 is 20.2. The lowest BCUT2D eigenvalue weighted by atomic mass is 9.93. The molecule has 0 radical (unpaired) electrons. The molecule has 0 bridgehead atoms. The number of hydrogen-bond acceptors (Lipinski definition) is 2. The van der Waals surface area contributed by atoms with E-state index in [0.717, 1.165) is 44.6 Å². The van der Waals surface area contributed by atoms with Crippen LogP contribution in [-0.4, -0.2) is 19.8 Å². The van der Waals surface area contributed by atoms with Crippen LogP contribution in [0.15, 0.2) is 22.7 Å². The van der Waals surface area contributed by atoms with Gasteiger partial charge in [0.05, 0.1) is 4.47 Å². The second kappa shape index (κ2) is 7.36. The molecule has 4 heteroatoms. The Morgan fingerprint density at radius 3 is 3.05 bits per heavy atom. The molecule has 1 N–H and O–H groups in total. The van der Waals surface area contributed by atoms with E-state index < -0.39 is 0 Å². The van der Waals surface area contributed by atoms with Crippen LogP contribution in [0.5, 0.6) is 0 Å². The molecule has 1 heterocycles. The van der Waals surface area contributed by atoms with Gasteiger partial charge in [-0.3, -0.25) is 0 Å². The molecule has 1 fully saturated rings. The third-order valence-corrected chi connectivity index (χ3v) is 4.20. The van der Waals surface area contributed by atoms with Gasteiger partial charge < -0.3 is 10.1 Å². The van der Waals surface area contributed by atoms with Gasteiger partial charge in [0.1, 0.15) is 5.82 Å². The molecule has 2 rings (SSSR count). The molecule has 0 aliphatic carbocycles. The van der Waals surface area contributed by atoms with Gasteiger partial charge in [-0.1, -0.05) is 19.1 Å². The van der Waals surface area contributed by atoms with Gasteiger partial charge in [0, 0.05) is 24.8 Å². The molecule has 2 atom stereocenters. The van der Waals surface area contributed by atoms with E-state index in [0.29, 0.717) is 10.4 Å². The van der Waals surface area contributed by atoms with E-state index in [4.69, 9.17) is 4.74 Å². The Kier molecular flexibility index (Phi) is 5.79. The largest absolute Gasteiger partial charge is 0.381 e. The van der Waals surface area contributed by atoms with Crippen LogP contribution in [0.1, 0.15) is 37.8 Å². The first kappa shape index (κ1) is 14.9. The van der Waals surface area contributed by atoms with E-state index in [1.807, 2.05) is 12.1 Å². The van der Waals surface area contributed by atoms with Crippen molar-refractivity contribution in [2.75, 3.05) is 19.8 Å². The van der Waals surface area contributed by atoms with Crippen molar-refractivity contribution in [1.29, 1.82) is 0 Å². The van der Waals surface area contributed by atoms with Crippen LogP contribution >= 0.6 is 15.9 Å². The van der Waals surface area contributed by atoms with Crippen LogP contribution in [0.2, 0.25) is 0 Å². The number of nitrogens with one attached hydrogen (secondary N) is 1. The van der Waals surface area contributed by atoms with Gasteiger partial charge >= 0.3 is 0 Å². The molecular weight excluding hydrogens is 309 g/mol. The fourth-order valence-electron chi connectivity index (χ4n) is 2.53. The smallest absolute Gasteiger partial charge is 0.142 e. The minimum atomic E-state index is -0.144. The standard InChI is InChI=1S/C15H21BrFNO/c1-2-7-18-14(9-11-6-8-19-10-11)12-4-3-5-13(16)15(12)17/h3-5,11,14,18H,2,6-10H2,1H3. The fraction of sp³-hybridized carbons (Fsp3) is 0.600. The van der Waals surface area contributed by atoms with E-state index in [1.165, 1.54) is 0 Å². The van der Waals surface area contributed by atoms with Gasteiger partial charge in [0.25, 0.3) is 0 Å². The average Bonchev–Trinajstić information content (AvgIpc) is 2.91. The number of benzene rings is 1. The van der Waals surface area contributed by atoms with Crippen LogP contribution in [0.25, 0.3) is 0 Å². The Labute approximate surface area is 122 Å². The fourth-order valence-corrected chi connectivity index (χ4v) is 2.91. The summed E-state index contributed by atoms with van der Waals surface area (Å²) in [5.74, 6) is 0.391. The van der Waals surface area contributed by atoms with Crippen molar-refractivity contribution in [3.8, 4) is 0 Å². The highest BCUT2D eigenvalue weighted by atomic mass is 79.9. The molecule has 1 aromatic rings. The summed E-state index contributed by atoms with van der Waals surface area (Å²) in [5, 5.41) is 3.46. The summed E-state index contributed by atoms with van der Waals surface area (Å²) in [4.78, 5) is 0. The molecule has 1 saturated heterocycles. The Balaban J connectivity index is 2.13. The molecule has 2 unspecified atom stereocenters. The first-order valence-corrected chi connectivity index (χ1v) is 7.76. The van der Waals surface area contributed by atoms with Crippen molar-refractivity contribution in [3.63, 3.8) is 0 Å². The lowest BCUT2D eigenvalue weighted by Crippen LogP contribution is -2.25. The highest BCUT2D eigenvalue weighted by molar-refractivity contribution is 9.10. The number of hydrogen-bond donors (Lipinski definition) is 1. The summed E-state index contributed by atoms with van der Waals surface area (Å²) in [7, 11) is 0. The molecule has 106 valence electrons. The Hall–Kier alpha value is -0.450. The minimum absolute atomic E-state index is 0.0733. The van der Waals surface area contributed by atoms with Gasteiger partial charge in [-0.25, -0.2) is 4.39 Å². The molecule has 0 amide bonds. The van der Waals surface area contributed by atoms with E-state index >= 15 is 0 Å². The molecule has 0 aromatic heterocycles. The van der Waals surface area contributed by atoms with Crippen molar-refractivity contribution < 1.29 is 9.13 Å². The van der Waals surface area contributed by atoms with Gasteiger partial charge in [0.15, 0.2) is 0 Å². The third kappa shape index (κ3) is 4.01. The topological polar surface area (TPSA) is 21.3 Å². The zero-order valence-electron chi connectivity index (χ0n) is 11.3. The summed E-state index contributed by atoms with van der Waals surface area (Å²) in [6.45, 7) is 4.68. The second-order valence-corrected chi connectivity index (χ2v) is 5.97. The van der Waals surface area contributed by atoms with E-state index in [9.17, 15) is 4.39 Å². The second-order valence-electron chi connectivity index (χ2n) is 5.12. The van der Waals surface area contributed by atoms with Gasteiger partial charge in [-0.15, -0.1) is 0 Å². The molecular formula is C15H21BrFNO. The summed E-state index contributed by atoms with van der Waals surface area (Å²) >= 11 is 3.27. The van der Waals surface area contributed by atoms with E-state index in [-0.39, 0.29) is 11.9 Å². The van der Waals surface area contributed by atoms with Crippen molar-refractivity contribution in [2.45, 2.75) is 32.2 Å². The maximum Gasteiger partial charge on any atom is 0.142 e. The predicted molar refractivity (Wildman–Crippen MR) is 78.7 cm³/mol. The highest BCUT2D eigenvalue weighted by Gasteiger charge is 2.23. The predicted octanol–water partition coefficient (Wildman–Crippen LogP) is 4.06. The number of rotatable bonds is 6. The Morgan fingerprint density at radius 1 is 1.53 bits per heavy atom. The zero-order valence-corrected chi connectivity index (χ0v) is 12.9. The first-order chi connectivity index (χ1) is 9.22. The average molecular weight is 330 g/mol. The summed E-state index contributed by atoms with van der Waals surface area (Å²) in [6, 6.07) is 5.59.